The molecule has 0 saturated heterocycles. The van der Waals surface area contributed by atoms with Crippen LogP contribution < -0.4 is 10.5 Å². The SMILES string of the molecule is COS(=O)(=O)C[C@H]1CSc2cc(S(N)(=O)=O)cc([N+](=O)[O-])c2N1. The fourth-order valence-corrected chi connectivity index (χ4v) is 4.70. The molecule has 23 heavy (non-hydrogen) atoms. The highest BCUT2D eigenvalue weighted by Crippen LogP contribution is 2.41. The number of nitrogens with zero attached hydrogens (tertiary/aromatic N) is 1. The quantitative estimate of drug-likeness (QED) is 0.408. The van der Waals surface area contributed by atoms with E-state index in [2.05, 4.69) is 9.50 Å². The Morgan fingerprint density at radius 1 is 1.43 bits per heavy atom. The highest BCUT2D eigenvalue weighted by Gasteiger charge is 2.31. The molecule has 0 saturated carbocycles. The van der Waals surface area contributed by atoms with Crippen LogP contribution in [0.2, 0.25) is 0 Å². The Kier molecular flexibility index (Phi) is 4.86. The summed E-state index contributed by atoms with van der Waals surface area (Å²) in [6.45, 7) is 0. The highest BCUT2D eigenvalue weighted by molar-refractivity contribution is 7.99. The van der Waals surface area contributed by atoms with E-state index >= 15 is 0 Å². The lowest BCUT2D eigenvalue weighted by Crippen LogP contribution is -2.34. The predicted molar refractivity (Wildman–Crippen MR) is 83.4 cm³/mol. The third-order valence-electron chi connectivity index (χ3n) is 3.03. The topological polar surface area (TPSA) is 159 Å². The van der Waals surface area contributed by atoms with Crippen LogP contribution >= 0.6 is 11.8 Å². The van der Waals surface area contributed by atoms with Gasteiger partial charge in [0.05, 0.1) is 28.7 Å². The number of nitro benzene ring substituents is 1. The molecule has 1 aromatic carbocycles. The molecule has 1 heterocycles. The average Bonchev–Trinajstić information content (AvgIpc) is 2.44. The van der Waals surface area contributed by atoms with E-state index in [9.17, 15) is 26.9 Å². The number of hydrogen-bond donors (Lipinski definition) is 2. The largest absolute Gasteiger partial charge is 0.374 e. The first kappa shape index (κ1) is 17.9. The first-order valence-corrected chi connectivity index (χ1v) is 10.2. The molecular formula is C10H13N3O7S3. The van der Waals surface area contributed by atoms with Crippen LogP contribution in [0.25, 0.3) is 0 Å². The van der Waals surface area contributed by atoms with Gasteiger partial charge in [-0.05, 0) is 6.07 Å². The zero-order chi connectivity index (χ0) is 17.4. The Balaban J connectivity index is 2.45. The minimum atomic E-state index is -4.10. The second-order valence-electron chi connectivity index (χ2n) is 4.66. The minimum absolute atomic E-state index is 0.0648. The molecule has 0 amide bonds. The number of sulfonamides is 1. The third kappa shape index (κ3) is 4.11. The number of benzene rings is 1. The van der Waals surface area contributed by atoms with Gasteiger partial charge in [0.1, 0.15) is 5.69 Å². The van der Waals surface area contributed by atoms with E-state index in [1.807, 2.05) is 0 Å². The maximum absolute atomic E-state index is 11.5. The third-order valence-corrected chi connectivity index (χ3v) is 6.44. The van der Waals surface area contributed by atoms with Gasteiger partial charge in [-0.25, -0.2) is 13.6 Å². The highest BCUT2D eigenvalue weighted by atomic mass is 32.2. The van der Waals surface area contributed by atoms with Crippen molar-refractivity contribution in [3.05, 3.63) is 22.2 Å². The molecule has 10 nitrogen and oxygen atoms in total. The van der Waals surface area contributed by atoms with Crippen LogP contribution in [0.4, 0.5) is 11.4 Å². The van der Waals surface area contributed by atoms with Gasteiger partial charge in [-0.1, -0.05) is 0 Å². The molecule has 0 fully saturated rings. The van der Waals surface area contributed by atoms with E-state index in [1.54, 1.807) is 0 Å². The average molecular weight is 383 g/mol. The van der Waals surface area contributed by atoms with Crippen molar-refractivity contribution < 1.29 is 25.9 Å². The first-order valence-electron chi connectivity index (χ1n) is 6.06. The van der Waals surface area contributed by atoms with Gasteiger partial charge in [0.2, 0.25) is 10.0 Å². The lowest BCUT2D eigenvalue weighted by molar-refractivity contribution is -0.384. The summed E-state index contributed by atoms with van der Waals surface area (Å²) in [6.07, 6.45) is 0. The van der Waals surface area contributed by atoms with Crippen LogP contribution in [-0.4, -0.2) is 46.4 Å². The summed E-state index contributed by atoms with van der Waals surface area (Å²) in [7, 11) is -6.82. The van der Waals surface area contributed by atoms with Crippen LogP contribution in [0.5, 0.6) is 0 Å². The van der Waals surface area contributed by atoms with E-state index in [1.165, 1.54) is 6.07 Å². The van der Waals surface area contributed by atoms with Crippen molar-refractivity contribution in [3.63, 3.8) is 0 Å². The number of anilines is 1. The van der Waals surface area contributed by atoms with Gasteiger partial charge in [-0.3, -0.25) is 14.3 Å². The summed E-state index contributed by atoms with van der Waals surface area (Å²) in [5, 5.41) is 18.9. The van der Waals surface area contributed by atoms with Crippen molar-refractivity contribution in [2.45, 2.75) is 15.8 Å². The maximum Gasteiger partial charge on any atom is 0.294 e. The number of thioether (sulfide) groups is 1. The lowest BCUT2D eigenvalue weighted by atomic mass is 10.2. The molecule has 0 radical (unpaired) electrons. The molecular weight excluding hydrogens is 370 g/mol. The molecule has 0 spiro atoms. The zero-order valence-electron chi connectivity index (χ0n) is 11.8. The summed E-state index contributed by atoms with van der Waals surface area (Å²) in [5.41, 5.74) is -0.423. The molecule has 128 valence electrons. The number of nitrogens with two attached hydrogens (primary N) is 1. The molecule has 0 bridgehead atoms. The number of primary sulfonamides is 1. The Morgan fingerprint density at radius 2 is 2.09 bits per heavy atom. The molecule has 0 aliphatic carbocycles. The molecule has 1 atom stereocenters. The van der Waals surface area contributed by atoms with Gasteiger partial charge in [-0.2, -0.15) is 8.42 Å². The van der Waals surface area contributed by atoms with E-state index in [0.717, 1.165) is 24.9 Å². The van der Waals surface area contributed by atoms with Crippen molar-refractivity contribution in [2.24, 2.45) is 5.14 Å². The number of nitro groups is 1. The number of fused-ring (bicyclic) bond motifs is 1. The Hall–Kier alpha value is -1.41. The van der Waals surface area contributed by atoms with Crippen LogP contribution in [0, 0.1) is 10.1 Å². The molecule has 3 N–H and O–H groups in total. The first-order chi connectivity index (χ1) is 10.5. The van der Waals surface area contributed by atoms with Crippen LogP contribution in [0.3, 0.4) is 0 Å². The van der Waals surface area contributed by atoms with E-state index in [4.69, 9.17) is 5.14 Å². The van der Waals surface area contributed by atoms with E-state index in [0.29, 0.717) is 4.90 Å². The van der Waals surface area contributed by atoms with Gasteiger partial charge in [0.25, 0.3) is 15.8 Å². The molecule has 0 unspecified atom stereocenters. The minimum Gasteiger partial charge on any atom is -0.374 e. The number of nitrogens with one attached hydrogen (secondary N) is 1. The fraction of sp³-hybridized carbons (Fsp3) is 0.400. The van der Waals surface area contributed by atoms with Crippen molar-refractivity contribution in [1.82, 2.24) is 0 Å². The number of hydrogen-bond acceptors (Lipinski definition) is 9. The van der Waals surface area contributed by atoms with Crippen LogP contribution in [0.15, 0.2) is 21.9 Å². The fourth-order valence-electron chi connectivity index (χ4n) is 1.98. The second kappa shape index (κ2) is 6.24. The standard InChI is InChI=1S/C10H13N3O7S3/c1-20-22(16,17)5-6-4-21-9-3-7(23(11,18)19)2-8(13(14)15)10(9)12-6/h2-3,6,12H,4-5H2,1H3,(H2,11,18,19)/t6-/m1/s1. The van der Waals surface area contributed by atoms with Gasteiger partial charge in [0, 0.05) is 16.7 Å². The molecule has 1 aliphatic rings. The monoisotopic (exact) mass is 383 g/mol. The van der Waals surface area contributed by atoms with Gasteiger partial charge in [0.15, 0.2) is 0 Å². The lowest BCUT2D eigenvalue weighted by Gasteiger charge is -2.26. The normalized spacial score (nSPS) is 18.1. The van der Waals surface area contributed by atoms with Crippen molar-refractivity contribution >= 4 is 43.3 Å². The van der Waals surface area contributed by atoms with Crippen molar-refractivity contribution in [2.75, 3.05) is 23.9 Å². The summed E-state index contributed by atoms with van der Waals surface area (Å²) in [5.74, 6) is -0.106. The Bertz CT molecular complexity index is 851. The smallest absolute Gasteiger partial charge is 0.294 e. The van der Waals surface area contributed by atoms with Gasteiger partial charge in [-0.15, -0.1) is 11.8 Å². The van der Waals surface area contributed by atoms with Crippen LogP contribution in [0.1, 0.15) is 0 Å². The summed E-state index contributed by atoms with van der Waals surface area (Å²) in [6, 6.07) is 1.45. The summed E-state index contributed by atoms with van der Waals surface area (Å²) >= 11 is 1.10. The Labute approximate surface area is 136 Å². The molecule has 0 aromatic heterocycles. The molecule has 2 rings (SSSR count). The zero-order valence-corrected chi connectivity index (χ0v) is 14.2. The van der Waals surface area contributed by atoms with Gasteiger partial charge >= 0.3 is 0 Å². The van der Waals surface area contributed by atoms with E-state index in [-0.39, 0.29) is 22.1 Å². The Morgan fingerprint density at radius 3 is 2.61 bits per heavy atom. The maximum atomic E-state index is 11.5. The summed E-state index contributed by atoms with van der Waals surface area (Å²) in [4.78, 5) is 10.4. The van der Waals surface area contributed by atoms with Crippen molar-refractivity contribution in [3.8, 4) is 0 Å². The number of rotatable bonds is 5. The predicted octanol–water partition coefficient (Wildman–Crippen LogP) is 0.105. The molecule has 1 aromatic rings. The van der Waals surface area contributed by atoms with Gasteiger partial charge < -0.3 is 5.32 Å². The molecule has 1 aliphatic heterocycles. The molecule has 13 heteroatoms. The van der Waals surface area contributed by atoms with E-state index < -0.39 is 36.8 Å². The van der Waals surface area contributed by atoms with Crippen LogP contribution in [-0.2, 0) is 24.3 Å². The second-order valence-corrected chi connectivity index (χ2v) is 9.07. The van der Waals surface area contributed by atoms with Crippen molar-refractivity contribution in [1.29, 1.82) is 0 Å². The summed E-state index contributed by atoms with van der Waals surface area (Å²) < 4.78 is 50.2.